The van der Waals surface area contributed by atoms with Gasteiger partial charge in [-0.05, 0) is 36.0 Å². The van der Waals surface area contributed by atoms with Gasteiger partial charge in [0.05, 0.1) is 0 Å². The third-order valence-corrected chi connectivity index (χ3v) is 4.46. The molecular formula is C16H20ClNO4. The zero-order valence-electron chi connectivity index (χ0n) is 12.5. The summed E-state index contributed by atoms with van der Waals surface area (Å²) < 4.78 is 4.85. The summed E-state index contributed by atoms with van der Waals surface area (Å²) in [5.41, 5.74) is 1.26. The first-order chi connectivity index (χ1) is 10.4. The molecule has 0 atom stereocenters. The summed E-state index contributed by atoms with van der Waals surface area (Å²) in [5.74, 6) is -1.22. The van der Waals surface area contributed by atoms with Crippen LogP contribution in [0.25, 0.3) is 0 Å². The number of likely N-dealkylation sites (tertiary alicyclic amines) is 1. The molecule has 1 N–H and O–H groups in total. The molecular weight excluding hydrogens is 306 g/mol. The number of rotatable bonds is 5. The monoisotopic (exact) mass is 325 g/mol. The third-order valence-electron chi connectivity index (χ3n) is 4.21. The Hall–Kier alpha value is -1.59. The number of hydrogen-bond donors (Lipinski definition) is 1. The molecule has 0 spiro atoms. The van der Waals surface area contributed by atoms with Gasteiger partial charge in [-0.1, -0.05) is 30.7 Å². The molecule has 1 amide bonds. The zero-order chi connectivity index (χ0) is 16.2. The standard InChI is InChI=1S/C16H20ClNO4/c1-16(12-2-4-13(17)5-3-12)6-8-18(9-7-16)14(19)10-22-11-15(20)21/h2-5H,6-11H2,1H3,(H,20,21). The van der Waals surface area contributed by atoms with Crippen molar-refractivity contribution in [3.63, 3.8) is 0 Å². The quantitative estimate of drug-likeness (QED) is 0.902. The van der Waals surface area contributed by atoms with Crippen LogP contribution in [0, 0.1) is 0 Å². The second-order valence-corrected chi connectivity index (χ2v) is 6.27. The summed E-state index contributed by atoms with van der Waals surface area (Å²) in [5, 5.41) is 9.21. The maximum absolute atomic E-state index is 12.0. The maximum Gasteiger partial charge on any atom is 0.329 e. The van der Waals surface area contributed by atoms with Crippen molar-refractivity contribution in [1.82, 2.24) is 4.90 Å². The normalized spacial score (nSPS) is 17.3. The highest BCUT2D eigenvalue weighted by Crippen LogP contribution is 2.35. The molecule has 1 aliphatic rings. The molecule has 1 aromatic rings. The SMILES string of the molecule is CC1(c2ccc(Cl)cc2)CCN(C(=O)COCC(=O)O)CC1. The lowest BCUT2D eigenvalue weighted by Crippen LogP contribution is -2.45. The first-order valence-corrected chi connectivity index (χ1v) is 7.62. The Morgan fingerprint density at radius 1 is 1.23 bits per heavy atom. The number of aliphatic carboxylic acids is 1. The van der Waals surface area contributed by atoms with Gasteiger partial charge in [-0.2, -0.15) is 0 Å². The average Bonchev–Trinajstić information content (AvgIpc) is 2.48. The Morgan fingerprint density at radius 3 is 2.36 bits per heavy atom. The molecule has 1 aliphatic heterocycles. The van der Waals surface area contributed by atoms with Crippen LogP contribution in [0.3, 0.4) is 0 Å². The molecule has 22 heavy (non-hydrogen) atoms. The number of benzene rings is 1. The van der Waals surface area contributed by atoms with Crippen LogP contribution in [0.5, 0.6) is 0 Å². The molecule has 1 aromatic carbocycles. The summed E-state index contributed by atoms with van der Waals surface area (Å²) >= 11 is 5.92. The number of ether oxygens (including phenoxy) is 1. The van der Waals surface area contributed by atoms with Crippen LogP contribution in [-0.4, -0.2) is 48.2 Å². The highest BCUT2D eigenvalue weighted by molar-refractivity contribution is 6.30. The number of carbonyl (C=O) groups is 2. The van der Waals surface area contributed by atoms with Gasteiger partial charge in [0.15, 0.2) is 0 Å². The number of piperidine rings is 1. The Bertz CT molecular complexity index is 536. The van der Waals surface area contributed by atoms with Crippen molar-refractivity contribution < 1.29 is 19.4 Å². The molecule has 1 heterocycles. The number of hydrogen-bond acceptors (Lipinski definition) is 3. The van der Waals surface area contributed by atoms with E-state index in [2.05, 4.69) is 6.92 Å². The second-order valence-electron chi connectivity index (χ2n) is 5.83. The van der Waals surface area contributed by atoms with Gasteiger partial charge in [0.25, 0.3) is 0 Å². The van der Waals surface area contributed by atoms with Crippen molar-refractivity contribution in [3.8, 4) is 0 Å². The van der Waals surface area contributed by atoms with Gasteiger partial charge in [-0.15, -0.1) is 0 Å². The minimum Gasteiger partial charge on any atom is -0.480 e. The van der Waals surface area contributed by atoms with E-state index in [1.807, 2.05) is 24.3 Å². The molecule has 0 radical (unpaired) electrons. The van der Waals surface area contributed by atoms with Gasteiger partial charge in [0, 0.05) is 18.1 Å². The molecule has 0 unspecified atom stereocenters. The average molecular weight is 326 g/mol. The Balaban J connectivity index is 1.88. The molecule has 1 saturated heterocycles. The van der Waals surface area contributed by atoms with Crippen LogP contribution in [0.1, 0.15) is 25.3 Å². The Kier molecular flexibility index (Phi) is 5.42. The number of carbonyl (C=O) groups excluding carboxylic acids is 1. The molecule has 5 nitrogen and oxygen atoms in total. The van der Waals surface area contributed by atoms with E-state index in [1.54, 1.807) is 4.90 Å². The van der Waals surface area contributed by atoms with E-state index in [4.69, 9.17) is 21.4 Å². The molecule has 120 valence electrons. The van der Waals surface area contributed by atoms with Crippen LogP contribution >= 0.6 is 11.6 Å². The molecule has 0 bridgehead atoms. The predicted molar refractivity (Wildman–Crippen MR) is 83.1 cm³/mol. The van der Waals surface area contributed by atoms with Gasteiger partial charge in [0.1, 0.15) is 13.2 Å². The van der Waals surface area contributed by atoms with Crippen molar-refractivity contribution in [2.24, 2.45) is 0 Å². The van der Waals surface area contributed by atoms with E-state index in [0.717, 1.165) is 17.9 Å². The number of carboxylic acid groups (broad SMARTS) is 1. The van der Waals surface area contributed by atoms with E-state index < -0.39 is 12.6 Å². The van der Waals surface area contributed by atoms with Gasteiger partial charge >= 0.3 is 5.97 Å². The summed E-state index contributed by atoms with van der Waals surface area (Å²) in [6.45, 7) is 2.87. The molecule has 0 aliphatic carbocycles. The van der Waals surface area contributed by atoms with Gasteiger partial charge in [-0.3, -0.25) is 4.79 Å². The number of amides is 1. The fourth-order valence-corrected chi connectivity index (χ4v) is 2.83. The number of nitrogens with zero attached hydrogens (tertiary/aromatic N) is 1. The smallest absolute Gasteiger partial charge is 0.329 e. The lowest BCUT2D eigenvalue weighted by Gasteiger charge is -2.39. The van der Waals surface area contributed by atoms with E-state index in [1.165, 1.54) is 5.56 Å². The Morgan fingerprint density at radius 2 is 1.82 bits per heavy atom. The second kappa shape index (κ2) is 7.11. The summed E-state index contributed by atoms with van der Waals surface area (Å²) in [6.07, 6.45) is 1.72. The van der Waals surface area contributed by atoms with Crippen LogP contribution in [0.15, 0.2) is 24.3 Å². The zero-order valence-corrected chi connectivity index (χ0v) is 13.3. The van der Waals surface area contributed by atoms with Gasteiger partial charge < -0.3 is 14.7 Å². The third kappa shape index (κ3) is 4.21. The number of halogens is 1. The Labute approximate surface area is 134 Å². The van der Waals surface area contributed by atoms with E-state index >= 15 is 0 Å². The van der Waals surface area contributed by atoms with E-state index in [9.17, 15) is 9.59 Å². The van der Waals surface area contributed by atoms with E-state index in [-0.39, 0.29) is 17.9 Å². The van der Waals surface area contributed by atoms with Crippen molar-refractivity contribution in [2.45, 2.75) is 25.2 Å². The van der Waals surface area contributed by atoms with Crippen molar-refractivity contribution in [3.05, 3.63) is 34.9 Å². The van der Waals surface area contributed by atoms with Crippen LogP contribution in [0.4, 0.5) is 0 Å². The highest BCUT2D eigenvalue weighted by atomic mass is 35.5. The lowest BCUT2D eigenvalue weighted by atomic mass is 9.74. The van der Waals surface area contributed by atoms with Crippen molar-refractivity contribution >= 4 is 23.5 Å². The van der Waals surface area contributed by atoms with Crippen LogP contribution < -0.4 is 0 Å². The summed E-state index contributed by atoms with van der Waals surface area (Å²) in [6, 6.07) is 7.85. The first-order valence-electron chi connectivity index (χ1n) is 7.24. The minimum absolute atomic E-state index is 0.0310. The largest absolute Gasteiger partial charge is 0.480 e. The lowest BCUT2D eigenvalue weighted by molar-refractivity contribution is -0.146. The van der Waals surface area contributed by atoms with Gasteiger partial charge in [0.2, 0.25) is 5.91 Å². The minimum atomic E-state index is -1.07. The molecule has 6 heteroatoms. The fourth-order valence-electron chi connectivity index (χ4n) is 2.71. The van der Waals surface area contributed by atoms with Gasteiger partial charge in [-0.25, -0.2) is 4.79 Å². The summed E-state index contributed by atoms with van der Waals surface area (Å²) in [7, 11) is 0. The van der Waals surface area contributed by atoms with E-state index in [0.29, 0.717) is 13.1 Å². The topological polar surface area (TPSA) is 66.8 Å². The molecule has 2 rings (SSSR count). The number of carboxylic acids is 1. The van der Waals surface area contributed by atoms with Crippen LogP contribution in [0.2, 0.25) is 5.02 Å². The van der Waals surface area contributed by atoms with Crippen LogP contribution in [-0.2, 0) is 19.7 Å². The molecule has 0 saturated carbocycles. The highest BCUT2D eigenvalue weighted by Gasteiger charge is 2.33. The first kappa shape index (κ1) is 16.8. The maximum atomic E-state index is 12.0. The molecule has 1 fully saturated rings. The summed E-state index contributed by atoms with van der Waals surface area (Å²) in [4.78, 5) is 24.1. The van der Waals surface area contributed by atoms with Crippen molar-refractivity contribution in [1.29, 1.82) is 0 Å². The fraction of sp³-hybridized carbons (Fsp3) is 0.500. The predicted octanol–water partition coefficient (Wildman–Crippen LogP) is 2.32. The molecule has 0 aromatic heterocycles. The van der Waals surface area contributed by atoms with Crippen molar-refractivity contribution in [2.75, 3.05) is 26.3 Å².